The Morgan fingerprint density at radius 2 is 1.94 bits per heavy atom. The Kier molecular flexibility index (Phi) is 5.65. The van der Waals surface area contributed by atoms with Crippen LogP contribution in [0.4, 0.5) is 0 Å². The standard InChI is InChI=1S/C13H20O3S/c1-9(14)10(2)17-8-11-7-12(15-3)5-6-13(11)16-4/h5-7,9-10,14H,8H2,1-4H3. The first-order chi connectivity index (χ1) is 8.08. The summed E-state index contributed by atoms with van der Waals surface area (Å²) in [6.07, 6.45) is -0.309. The summed E-state index contributed by atoms with van der Waals surface area (Å²) in [4.78, 5) is 0. The zero-order valence-corrected chi connectivity index (χ0v) is 11.6. The Morgan fingerprint density at radius 3 is 2.47 bits per heavy atom. The predicted molar refractivity (Wildman–Crippen MR) is 72.0 cm³/mol. The molecule has 2 atom stereocenters. The number of hydrogen-bond donors (Lipinski definition) is 1. The molecule has 2 unspecified atom stereocenters. The van der Waals surface area contributed by atoms with Crippen LogP contribution in [0, 0.1) is 0 Å². The molecular formula is C13H20O3S. The van der Waals surface area contributed by atoms with Crippen LogP contribution in [0.15, 0.2) is 18.2 Å². The van der Waals surface area contributed by atoms with E-state index in [1.54, 1.807) is 32.9 Å². The second kappa shape index (κ2) is 6.77. The van der Waals surface area contributed by atoms with Crippen LogP contribution < -0.4 is 9.47 Å². The number of ether oxygens (including phenoxy) is 2. The molecular weight excluding hydrogens is 236 g/mol. The molecule has 0 aromatic heterocycles. The lowest BCUT2D eigenvalue weighted by molar-refractivity contribution is 0.196. The maximum Gasteiger partial charge on any atom is 0.123 e. The summed E-state index contributed by atoms with van der Waals surface area (Å²) in [6, 6.07) is 5.76. The van der Waals surface area contributed by atoms with Crippen LogP contribution in [0.25, 0.3) is 0 Å². The Balaban J connectivity index is 2.74. The molecule has 0 aliphatic rings. The molecule has 4 heteroatoms. The van der Waals surface area contributed by atoms with Gasteiger partial charge in [-0.2, -0.15) is 11.8 Å². The molecule has 0 radical (unpaired) electrons. The van der Waals surface area contributed by atoms with Gasteiger partial charge in [0.1, 0.15) is 11.5 Å². The minimum Gasteiger partial charge on any atom is -0.497 e. The van der Waals surface area contributed by atoms with E-state index in [1.807, 2.05) is 25.1 Å². The molecule has 1 rings (SSSR count). The molecule has 0 aliphatic carbocycles. The topological polar surface area (TPSA) is 38.7 Å². The number of thioether (sulfide) groups is 1. The van der Waals surface area contributed by atoms with Gasteiger partial charge in [0, 0.05) is 16.6 Å². The summed E-state index contributed by atoms with van der Waals surface area (Å²) in [5.41, 5.74) is 1.09. The minimum atomic E-state index is -0.309. The van der Waals surface area contributed by atoms with Gasteiger partial charge in [0.05, 0.1) is 20.3 Å². The normalized spacial score (nSPS) is 14.2. The van der Waals surface area contributed by atoms with Gasteiger partial charge in [0.2, 0.25) is 0 Å². The highest BCUT2D eigenvalue weighted by molar-refractivity contribution is 7.99. The molecule has 3 nitrogen and oxygen atoms in total. The van der Waals surface area contributed by atoms with Crippen LogP contribution in [-0.2, 0) is 5.75 Å². The number of aliphatic hydroxyl groups is 1. The summed E-state index contributed by atoms with van der Waals surface area (Å²) >= 11 is 1.70. The van der Waals surface area contributed by atoms with Gasteiger partial charge >= 0.3 is 0 Å². The third-order valence-electron chi connectivity index (χ3n) is 2.67. The maximum atomic E-state index is 9.45. The van der Waals surface area contributed by atoms with E-state index in [9.17, 15) is 5.11 Å². The van der Waals surface area contributed by atoms with Crippen molar-refractivity contribution in [2.24, 2.45) is 0 Å². The molecule has 1 N–H and O–H groups in total. The van der Waals surface area contributed by atoms with Gasteiger partial charge in [-0.25, -0.2) is 0 Å². The molecule has 0 bridgehead atoms. The predicted octanol–water partition coefficient (Wildman–Crippen LogP) is 2.71. The van der Waals surface area contributed by atoms with Crippen molar-refractivity contribution in [1.29, 1.82) is 0 Å². The van der Waals surface area contributed by atoms with E-state index >= 15 is 0 Å². The van der Waals surface area contributed by atoms with Crippen LogP contribution in [0.1, 0.15) is 19.4 Å². The lowest BCUT2D eigenvalue weighted by Crippen LogP contribution is -2.15. The number of aliphatic hydroxyl groups excluding tert-OH is 1. The lowest BCUT2D eigenvalue weighted by Gasteiger charge is -2.15. The number of methoxy groups -OCH3 is 2. The third-order valence-corrected chi connectivity index (χ3v) is 4.07. The van der Waals surface area contributed by atoms with Gasteiger partial charge in [-0.05, 0) is 25.1 Å². The molecule has 0 saturated carbocycles. The first kappa shape index (κ1) is 14.2. The Hall–Kier alpha value is -0.870. The fourth-order valence-corrected chi connectivity index (χ4v) is 2.30. The summed E-state index contributed by atoms with van der Waals surface area (Å²) in [7, 11) is 3.31. The average Bonchev–Trinajstić information content (AvgIpc) is 2.35. The van der Waals surface area contributed by atoms with Gasteiger partial charge in [-0.1, -0.05) is 6.92 Å². The van der Waals surface area contributed by atoms with E-state index in [1.165, 1.54) is 0 Å². The first-order valence-corrected chi connectivity index (χ1v) is 6.64. The Bertz CT molecular complexity index is 353. The van der Waals surface area contributed by atoms with Crippen LogP contribution in [-0.4, -0.2) is 30.7 Å². The Morgan fingerprint density at radius 1 is 1.24 bits per heavy atom. The zero-order valence-electron chi connectivity index (χ0n) is 10.8. The van der Waals surface area contributed by atoms with Crippen molar-refractivity contribution in [3.8, 4) is 11.5 Å². The molecule has 1 aromatic carbocycles. The molecule has 96 valence electrons. The number of rotatable bonds is 6. The van der Waals surface area contributed by atoms with Crippen LogP contribution in [0.3, 0.4) is 0 Å². The van der Waals surface area contributed by atoms with Gasteiger partial charge in [-0.3, -0.25) is 0 Å². The molecule has 0 spiro atoms. The highest BCUT2D eigenvalue weighted by Gasteiger charge is 2.11. The van der Waals surface area contributed by atoms with Crippen LogP contribution >= 0.6 is 11.8 Å². The summed E-state index contributed by atoms with van der Waals surface area (Å²) in [6.45, 7) is 3.82. The van der Waals surface area contributed by atoms with Crippen molar-refractivity contribution in [3.63, 3.8) is 0 Å². The van der Waals surface area contributed by atoms with Crippen molar-refractivity contribution in [2.45, 2.75) is 31.0 Å². The molecule has 0 fully saturated rings. The number of hydrogen-bond acceptors (Lipinski definition) is 4. The van der Waals surface area contributed by atoms with Gasteiger partial charge in [-0.15, -0.1) is 0 Å². The smallest absolute Gasteiger partial charge is 0.123 e. The average molecular weight is 256 g/mol. The molecule has 0 saturated heterocycles. The number of benzene rings is 1. The highest BCUT2D eigenvalue weighted by atomic mass is 32.2. The van der Waals surface area contributed by atoms with Gasteiger partial charge in [0.15, 0.2) is 0 Å². The van der Waals surface area contributed by atoms with Crippen molar-refractivity contribution in [1.82, 2.24) is 0 Å². The van der Waals surface area contributed by atoms with E-state index in [4.69, 9.17) is 9.47 Å². The zero-order chi connectivity index (χ0) is 12.8. The van der Waals surface area contributed by atoms with Crippen molar-refractivity contribution >= 4 is 11.8 Å². The van der Waals surface area contributed by atoms with Crippen molar-refractivity contribution < 1.29 is 14.6 Å². The van der Waals surface area contributed by atoms with E-state index in [0.717, 1.165) is 22.8 Å². The largest absolute Gasteiger partial charge is 0.497 e. The second-order valence-electron chi connectivity index (χ2n) is 3.93. The Labute approximate surface area is 107 Å². The lowest BCUT2D eigenvalue weighted by atomic mass is 10.2. The van der Waals surface area contributed by atoms with E-state index in [0.29, 0.717) is 0 Å². The van der Waals surface area contributed by atoms with E-state index in [-0.39, 0.29) is 11.4 Å². The minimum absolute atomic E-state index is 0.200. The van der Waals surface area contributed by atoms with Crippen LogP contribution in [0.5, 0.6) is 11.5 Å². The molecule has 0 aliphatic heterocycles. The van der Waals surface area contributed by atoms with Gasteiger partial charge < -0.3 is 14.6 Å². The van der Waals surface area contributed by atoms with Crippen LogP contribution in [0.2, 0.25) is 0 Å². The maximum absolute atomic E-state index is 9.45. The van der Waals surface area contributed by atoms with Crippen molar-refractivity contribution in [3.05, 3.63) is 23.8 Å². The highest BCUT2D eigenvalue weighted by Crippen LogP contribution is 2.29. The summed E-state index contributed by atoms with van der Waals surface area (Å²) in [5, 5.41) is 9.65. The SMILES string of the molecule is COc1ccc(OC)c(CSC(C)C(C)O)c1. The monoisotopic (exact) mass is 256 g/mol. The van der Waals surface area contributed by atoms with E-state index in [2.05, 4.69) is 0 Å². The van der Waals surface area contributed by atoms with Crippen molar-refractivity contribution in [2.75, 3.05) is 14.2 Å². The summed E-state index contributed by atoms with van der Waals surface area (Å²) in [5.74, 6) is 2.48. The quantitative estimate of drug-likeness (QED) is 0.849. The molecule has 0 amide bonds. The molecule has 0 heterocycles. The molecule has 1 aromatic rings. The van der Waals surface area contributed by atoms with Gasteiger partial charge in [0.25, 0.3) is 0 Å². The fraction of sp³-hybridized carbons (Fsp3) is 0.538. The molecule has 17 heavy (non-hydrogen) atoms. The summed E-state index contributed by atoms with van der Waals surface area (Å²) < 4.78 is 10.5. The second-order valence-corrected chi connectivity index (χ2v) is 5.30. The first-order valence-electron chi connectivity index (χ1n) is 5.59. The fourth-order valence-electron chi connectivity index (χ4n) is 1.36. The third kappa shape index (κ3) is 4.13. The van der Waals surface area contributed by atoms with E-state index < -0.39 is 0 Å².